The Hall–Kier alpha value is -0.0800. The van der Waals surface area contributed by atoms with E-state index in [0.717, 1.165) is 38.5 Å². The van der Waals surface area contributed by atoms with E-state index >= 15 is 0 Å². The van der Waals surface area contributed by atoms with Crippen LogP contribution in [-0.4, -0.2) is 21.9 Å². The third-order valence-electron chi connectivity index (χ3n) is 5.18. The second-order valence-corrected chi connectivity index (χ2v) is 7.14. The van der Waals surface area contributed by atoms with Crippen LogP contribution in [0.2, 0.25) is 0 Å². The van der Waals surface area contributed by atoms with Crippen LogP contribution < -0.4 is 0 Å². The molecule has 0 aromatic carbocycles. The molecule has 0 spiro atoms. The molecule has 2 N–H and O–H groups in total. The van der Waals surface area contributed by atoms with Crippen molar-refractivity contribution < 1.29 is 10.2 Å². The van der Waals surface area contributed by atoms with Crippen LogP contribution >= 0.6 is 0 Å². The minimum absolute atomic E-state index is 0.312. The second-order valence-electron chi connectivity index (χ2n) is 7.14. The molecule has 0 amide bonds. The summed E-state index contributed by atoms with van der Waals surface area (Å²) in [6.07, 6.45) is 9.14. The molecular weight excluding hydrogens is 224 g/mol. The van der Waals surface area contributed by atoms with Crippen molar-refractivity contribution in [1.82, 2.24) is 0 Å². The van der Waals surface area contributed by atoms with Gasteiger partial charge in [-0.3, -0.25) is 0 Å². The van der Waals surface area contributed by atoms with Crippen molar-refractivity contribution in [3.63, 3.8) is 0 Å². The van der Waals surface area contributed by atoms with Gasteiger partial charge < -0.3 is 10.2 Å². The van der Waals surface area contributed by atoms with Crippen LogP contribution in [0.1, 0.15) is 71.6 Å². The molecule has 3 atom stereocenters. The largest absolute Gasteiger partial charge is 0.390 e. The minimum atomic E-state index is -0.794. The summed E-state index contributed by atoms with van der Waals surface area (Å²) >= 11 is 0. The molecule has 2 aliphatic rings. The number of hydrogen-bond acceptors (Lipinski definition) is 2. The zero-order chi connectivity index (χ0) is 13.2. The molecule has 3 unspecified atom stereocenters. The lowest BCUT2D eigenvalue weighted by Crippen LogP contribution is -2.48. The Labute approximate surface area is 112 Å². The molecule has 2 saturated carbocycles. The lowest BCUT2D eigenvalue weighted by Gasteiger charge is -2.41. The Morgan fingerprint density at radius 1 is 0.889 bits per heavy atom. The van der Waals surface area contributed by atoms with E-state index in [-0.39, 0.29) is 0 Å². The molecule has 0 radical (unpaired) electrons. The molecule has 0 bridgehead atoms. The maximum atomic E-state index is 10.8. The number of rotatable bonds is 2. The topological polar surface area (TPSA) is 40.5 Å². The van der Waals surface area contributed by atoms with Gasteiger partial charge in [-0.2, -0.15) is 0 Å². The SMILES string of the molecule is CC1CC(C)CC(C(O)C2(O)CCCCCC2)C1. The van der Waals surface area contributed by atoms with Crippen molar-refractivity contribution in [2.24, 2.45) is 17.8 Å². The highest BCUT2D eigenvalue weighted by atomic mass is 16.3. The molecule has 2 aliphatic carbocycles. The summed E-state index contributed by atoms with van der Waals surface area (Å²) in [6, 6.07) is 0. The second kappa shape index (κ2) is 5.92. The van der Waals surface area contributed by atoms with Crippen LogP contribution in [0.15, 0.2) is 0 Å². The van der Waals surface area contributed by atoms with Crippen LogP contribution in [-0.2, 0) is 0 Å². The first kappa shape index (κ1) is 14.3. The minimum Gasteiger partial charge on any atom is -0.390 e. The maximum absolute atomic E-state index is 10.8. The van der Waals surface area contributed by atoms with Crippen molar-refractivity contribution in [3.05, 3.63) is 0 Å². The van der Waals surface area contributed by atoms with E-state index in [0.29, 0.717) is 17.8 Å². The summed E-state index contributed by atoms with van der Waals surface area (Å²) in [5, 5.41) is 21.5. The number of aliphatic hydroxyl groups is 2. The highest BCUT2D eigenvalue weighted by Crippen LogP contribution is 2.41. The van der Waals surface area contributed by atoms with Crippen molar-refractivity contribution in [1.29, 1.82) is 0 Å². The Balaban J connectivity index is 2.01. The molecule has 18 heavy (non-hydrogen) atoms. The molecule has 2 rings (SSSR count). The Morgan fingerprint density at radius 2 is 1.39 bits per heavy atom. The molecular formula is C16H30O2. The summed E-state index contributed by atoms with van der Waals surface area (Å²) < 4.78 is 0. The van der Waals surface area contributed by atoms with Gasteiger partial charge in [-0.1, -0.05) is 39.5 Å². The summed E-state index contributed by atoms with van der Waals surface area (Å²) in [4.78, 5) is 0. The van der Waals surface area contributed by atoms with Crippen molar-refractivity contribution >= 4 is 0 Å². The predicted molar refractivity (Wildman–Crippen MR) is 74.3 cm³/mol. The summed E-state index contributed by atoms with van der Waals surface area (Å²) in [5.74, 6) is 1.71. The van der Waals surface area contributed by atoms with Crippen molar-refractivity contribution in [2.45, 2.75) is 83.3 Å². The van der Waals surface area contributed by atoms with Gasteiger partial charge in [0, 0.05) is 0 Å². The molecule has 2 nitrogen and oxygen atoms in total. The Kier molecular flexibility index (Phi) is 4.71. The lowest BCUT2D eigenvalue weighted by atomic mass is 9.70. The smallest absolute Gasteiger partial charge is 0.0908 e. The van der Waals surface area contributed by atoms with Gasteiger partial charge in [0.15, 0.2) is 0 Å². The highest BCUT2D eigenvalue weighted by molar-refractivity contribution is 4.94. The molecule has 0 aromatic rings. The molecule has 0 aliphatic heterocycles. The maximum Gasteiger partial charge on any atom is 0.0908 e. The molecule has 0 saturated heterocycles. The van der Waals surface area contributed by atoms with Gasteiger partial charge in [-0.15, -0.1) is 0 Å². The van der Waals surface area contributed by atoms with Crippen LogP contribution in [0.25, 0.3) is 0 Å². The van der Waals surface area contributed by atoms with Gasteiger partial charge in [-0.25, -0.2) is 0 Å². The van der Waals surface area contributed by atoms with Crippen LogP contribution in [0.4, 0.5) is 0 Å². The van der Waals surface area contributed by atoms with Gasteiger partial charge >= 0.3 is 0 Å². The van der Waals surface area contributed by atoms with E-state index in [1.54, 1.807) is 0 Å². The van der Waals surface area contributed by atoms with E-state index < -0.39 is 11.7 Å². The lowest BCUT2D eigenvalue weighted by molar-refractivity contribution is -0.120. The van der Waals surface area contributed by atoms with Crippen LogP contribution in [0.3, 0.4) is 0 Å². The molecule has 0 heterocycles. The first-order valence-corrected chi connectivity index (χ1v) is 7.92. The van der Waals surface area contributed by atoms with E-state index in [2.05, 4.69) is 13.8 Å². The van der Waals surface area contributed by atoms with Gasteiger partial charge in [0.05, 0.1) is 11.7 Å². The fraction of sp³-hybridized carbons (Fsp3) is 1.00. The van der Waals surface area contributed by atoms with E-state index in [4.69, 9.17) is 0 Å². The van der Waals surface area contributed by atoms with E-state index in [1.807, 2.05) is 0 Å². The summed E-state index contributed by atoms with van der Waals surface area (Å²) in [6.45, 7) is 4.57. The van der Waals surface area contributed by atoms with E-state index in [1.165, 1.54) is 19.3 Å². The molecule has 2 fully saturated rings. The van der Waals surface area contributed by atoms with Gasteiger partial charge in [0.1, 0.15) is 0 Å². The Morgan fingerprint density at radius 3 is 1.89 bits per heavy atom. The average molecular weight is 254 g/mol. The fourth-order valence-electron chi connectivity index (χ4n) is 4.34. The fourth-order valence-corrected chi connectivity index (χ4v) is 4.34. The standard InChI is InChI=1S/C16H30O2/c1-12-9-13(2)11-14(10-12)15(17)16(18)7-5-3-4-6-8-16/h12-15,17-18H,3-11H2,1-2H3. The third kappa shape index (κ3) is 3.27. The van der Waals surface area contributed by atoms with Gasteiger partial charge in [0.25, 0.3) is 0 Å². The Bertz CT molecular complexity index is 246. The zero-order valence-electron chi connectivity index (χ0n) is 12.1. The van der Waals surface area contributed by atoms with Gasteiger partial charge in [0.2, 0.25) is 0 Å². The average Bonchev–Trinajstić information content (AvgIpc) is 2.53. The van der Waals surface area contributed by atoms with Crippen LogP contribution in [0, 0.1) is 17.8 Å². The normalized spacial score (nSPS) is 39.0. The first-order valence-electron chi connectivity index (χ1n) is 7.92. The third-order valence-corrected chi connectivity index (χ3v) is 5.18. The molecule has 0 aromatic heterocycles. The predicted octanol–water partition coefficient (Wildman–Crippen LogP) is 3.50. The summed E-state index contributed by atoms with van der Waals surface area (Å²) in [5.41, 5.74) is -0.794. The summed E-state index contributed by atoms with van der Waals surface area (Å²) in [7, 11) is 0. The van der Waals surface area contributed by atoms with Crippen molar-refractivity contribution in [3.8, 4) is 0 Å². The highest BCUT2D eigenvalue weighted by Gasteiger charge is 2.42. The van der Waals surface area contributed by atoms with Crippen LogP contribution in [0.5, 0.6) is 0 Å². The number of aliphatic hydroxyl groups excluding tert-OH is 1. The van der Waals surface area contributed by atoms with Crippen molar-refractivity contribution in [2.75, 3.05) is 0 Å². The number of hydrogen-bond donors (Lipinski definition) is 2. The monoisotopic (exact) mass is 254 g/mol. The van der Waals surface area contributed by atoms with E-state index in [9.17, 15) is 10.2 Å². The van der Waals surface area contributed by atoms with Gasteiger partial charge in [-0.05, 0) is 49.9 Å². The zero-order valence-corrected chi connectivity index (χ0v) is 12.1. The first-order chi connectivity index (χ1) is 8.51. The molecule has 2 heteroatoms. The quantitative estimate of drug-likeness (QED) is 0.740. The molecule has 106 valence electrons.